The molecule has 0 amide bonds. The molecule has 0 aromatic carbocycles. The summed E-state index contributed by atoms with van der Waals surface area (Å²) in [5.41, 5.74) is -0.110. The molecule has 1 unspecified atom stereocenters. The van der Waals surface area contributed by atoms with E-state index in [-0.39, 0.29) is 24.6 Å². The summed E-state index contributed by atoms with van der Waals surface area (Å²) in [7, 11) is 0. The quantitative estimate of drug-likeness (QED) is 0.626. The lowest BCUT2D eigenvalue weighted by atomic mass is 9.92. The highest BCUT2D eigenvalue weighted by molar-refractivity contribution is 5.70. The van der Waals surface area contributed by atoms with E-state index in [9.17, 15) is 4.79 Å². The summed E-state index contributed by atoms with van der Waals surface area (Å²) in [4.78, 5) is 11.1. The van der Waals surface area contributed by atoms with Crippen molar-refractivity contribution in [2.24, 2.45) is 5.41 Å². The molecular formula is C9H18O4. The van der Waals surface area contributed by atoms with Gasteiger partial charge in [0.2, 0.25) is 0 Å². The van der Waals surface area contributed by atoms with Crippen molar-refractivity contribution in [3.05, 3.63) is 0 Å². The van der Waals surface area contributed by atoms with Crippen LogP contribution in [-0.4, -0.2) is 35.5 Å². The van der Waals surface area contributed by atoms with Crippen LogP contribution in [-0.2, 0) is 9.53 Å². The molecule has 0 saturated carbocycles. The zero-order chi connectivity index (χ0) is 10.5. The molecule has 13 heavy (non-hydrogen) atoms. The lowest BCUT2D eigenvalue weighted by molar-refractivity contribution is -0.149. The summed E-state index contributed by atoms with van der Waals surface area (Å²) < 4.78 is 4.72. The van der Waals surface area contributed by atoms with E-state index in [1.165, 1.54) is 0 Å². The van der Waals surface area contributed by atoms with Gasteiger partial charge in [0.25, 0.3) is 0 Å². The maximum absolute atomic E-state index is 11.1. The maximum Gasteiger partial charge on any atom is 0.306 e. The van der Waals surface area contributed by atoms with E-state index in [1.807, 2.05) is 20.8 Å². The van der Waals surface area contributed by atoms with Crippen molar-refractivity contribution in [3.8, 4) is 0 Å². The van der Waals surface area contributed by atoms with Gasteiger partial charge in [-0.3, -0.25) is 4.79 Å². The predicted molar refractivity (Wildman–Crippen MR) is 48.1 cm³/mol. The number of carbonyl (C=O) groups is 1. The molecule has 0 aliphatic carbocycles. The Morgan fingerprint density at radius 3 is 2.38 bits per heavy atom. The monoisotopic (exact) mass is 190 g/mol. The molecule has 1 atom stereocenters. The van der Waals surface area contributed by atoms with Crippen molar-refractivity contribution in [1.29, 1.82) is 0 Å². The van der Waals surface area contributed by atoms with Crippen LogP contribution in [0.3, 0.4) is 0 Å². The van der Waals surface area contributed by atoms with Gasteiger partial charge in [-0.2, -0.15) is 0 Å². The molecule has 0 rings (SSSR count). The Hall–Kier alpha value is -0.610. The minimum Gasteiger partial charge on any atom is -0.463 e. The zero-order valence-corrected chi connectivity index (χ0v) is 8.41. The third-order valence-corrected chi connectivity index (χ3v) is 1.32. The Bertz CT molecular complexity index is 159. The summed E-state index contributed by atoms with van der Waals surface area (Å²) in [6.45, 7) is 5.26. The predicted octanol–water partition coefficient (Wildman–Crippen LogP) is 0.319. The highest BCUT2D eigenvalue weighted by Gasteiger charge is 2.17. The van der Waals surface area contributed by atoms with E-state index in [0.29, 0.717) is 6.42 Å². The van der Waals surface area contributed by atoms with Gasteiger partial charge in [0.1, 0.15) is 12.7 Å². The van der Waals surface area contributed by atoms with E-state index in [4.69, 9.17) is 14.9 Å². The molecule has 0 radical (unpaired) electrons. The number of aliphatic hydroxyl groups excluding tert-OH is 2. The molecule has 78 valence electrons. The van der Waals surface area contributed by atoms with Crippen LogP contribution in [0.5, 0.6) is 0 Å². The van der Waals surface area contributed by atoms with Crippen LogP contribution in [0.2, 0.25) is 0 Å². The maximum atomic E-state index is 11.1. The van der Waals surface area contributed by atoms with Crippen molar-refractivity contribution in [1.82, 2.24) is 0 Å². The van der Waals surface area contributed by atoms with Crippen LogP contribution < -0.4 is 0 Å². The second kappa shape index (κ2) is 5.19. The molecule has 0 aromatic rings. The first-order valence-electron chi connectivity index (χ1n) is 4.29. The Labute approximate surface area is 78.5 Å². The van der Waals surface area contributed by atoms with Crippen molar-refractivity contribution < 1.29 is 19.7 Å². The van der Waals surface area contributed by atoms with Crippen LogP contribution in [0.25, 0.3) is 0 Å². The fourth-order valence-electron chi connectivity index (χ4n) is 0.726. The van der Waals surface area contributed by atoms with Gasteiger partial charge in [0.05, 0.1) is 13.0 Å². The number of hydrogen-bond donors (Lipinski definition) is 2. The molecular weight excluding hydrogens is 172 g/mol. The van der Waals surface area contributed by atoms with Gasteiger partial charge in [-0.1, -0.05) is 20.8 Å². The lowest BCUT2D eigenvalue weighted by Crippen LogP contribution is -2.24. The average Bonchev–Trinajstić information content (AvgIpc) is 1.97. The smallest absolute Gasteiger partial charge is 0.306 e. The van der Waals surface area contributed by atoms with E-state index in [1.54, 1.807) is 0 Å². The Morgan fingerprint density at radius 1 is 1.46 bits per heavy atom. The topological polar surface area (TPSA) is 66.8 Å². The number of ether oxygens (including phenoxy) is 1. The van der Waals surface area contributed by atoms with E-state index >= 15 is 0 Å². The standard InChI is InChI=1S/C9H18O4/c1-9(2,3)4-8(12)13-6-7(11)5-10/h7,10-11H,4-6H2,1-3H3. The Balaban J connectivity index is 3.64. The minimum absolute atomic E-state index is 0.110. The summed E-state index contributed by atoms with van der Waals surface area (Å²) in [5.74, 6) is -0.347. The third kappa shape index (κ3) is 7.74. The molecule has 0 aliphatic heterocycles. The molecule has 0 saturated heterocycles. The van der Waals surface area contributed by atoms with Gasteiger partial charge >= 0.3 is 5.97 Å². The highest BCUT2D eigenvalue weighted by atomic mass is 16.5. The van der Waals surface area contributed by atoms with Crippen molar-refractivity contribution in [3.63, 3.8) is 0 Å². The summed E-state index contributed by atoms with van der Waals surface area (Å²) in [6, 6.07) is 0. The third-order valence-electron chi connectivity index (χ3n) is 1.32. The first-order chi connectivity index (χ1) is 5.85. The molecule has 0 aliphatic rings. The Morgan fingerprint density at radius 2 is 2.00 bits per heavy atom. The SMILES string of the molecule is CC(C)(C)CC(=O)OCC(O)CO. The molecule has 0 fully saturated rings. The number of esters is 1. The zero-order valence-electron chi connectivity index (χ0n) is 8.41. The molecule has 4 heteroatoms. The molecule has 0 bridgehead atoms. The van der Waals surface area contributed by atoms with Crippen molar-refractivity contribution >= 4 is 5.97 Å². The fraction of sp³-hybridized carbons (Fsp3) is 0.889. The number of hydrogen-bond acceptors (Lipinski definition) is 4. The van der Waals surface area contributed by atoms with Gasteiger partial charge in [-0.05, 0) is 5.41 Å². The summed E-state index contributed by atoms with van der Waals surface area (Å²) in [5, 5.41) is 17.3. The number of carbonyl (C=O) groups excluding carboxylic acids is 1. The van der Waals surface area contributed by atoms with Crippen molar-refractivity contribution in [2.75, 3.05) is 13.2 Å². The van der Waals surface area contributed by atoms with E-state index in [2.05, 4.69) is 0 Å². The molecule has 0 heterocycles. The first-order valence-corrected chi connectivity index (χ1v) is 4.29. The highest BCUT2D eigenvalue weighted by Crippen LogP contribution is 2.18. The number of aliphatic hydroxyl groups is 2. The van der Waals surface area contributed by atoms with Gasteiger partial charge in [0, 0.05) is 0 Å². The van der Waals surface area contributed by atoms with Crippen molar-refractivity contribution in [2.45, 2.75) is 33.3 Å². The second-order valence-corrected chi connectivity index (χ2v) is 4.26. The van der Waals surface area contributed by atoms with Crippen LogP contribution >= 0.6 is 0 Å². The van der Waals surface area contributed by atoms with Crippen LogP contribution in [0.1, 0.15) is 27.2 Å². The van der Waals surface area contributed by atoms with Gasteiger partial charge in [-0.15, -0.1) is 0 Å². The first kappa shape index (κ1) is 12.4. The van der Waals surface area contributed by atoms with Gasteiger partial charge in [0.15, 0.2) is 0 Å². The van der Waals surface area contributed by atoms with E-state index < -0.39 is 6.10 Å². The van der Waals surface area contributed by atoms with E-state index in [0.717, 1.165) is 0 Å². The van der Waals surface area contributed by atoms with Crippen LogP contribution in [0.15, 0.2) is 0 Å². The Kier molecular flexibility index (Phi) is 4.95. The number of rotatable bonds is 4. The fourth-order valence-corrected chi connectivity index (χ4v) is 0.726. The lowest BCUT2D eigenvalue weighted by Gasteiger charge is -2.17. The van der Waals surface area contributed by atoms with Crippen LogP contribution in [0.4, 0.5) is 0 Å². The second-order valence-electron chi connectivity index (χ2n) is 4.26. The van der Waals surface area contributed by atoms with Gasteiger partial charge < -0.3 is 14.9 Å². The molecule has 0 spiro atoms. The minimum atomic E-state index is -0.969. The molecule has 0 aromatic heterocycles. The summed E-state index contributed by atoms with van der Waals surface area (Å²) >= 11 is 0. The molecule has 4 nitrogen and oxygen atoms in total. The normalized spacial score (nSPS) is 13.9. The largest absolute Gasteiger partial charge is 0.463 e. The molecule has 2 N–H and O–H groups in total. The summed E-state index contributed by atoms with van der Waals surface area (Å²) in [6.07, 6.45) is -0.658. The van der Waals surface area contributed by atoms with Gasteiger partial charge in [-0.25, -0.2) is 0 Å². The van der Waals surface area contributed by atoms with Crippen LogP contribution in [0, 0.1) is 5.41 Å². The average molecular weight is 190 g/mol.